The summed E-state index contributed by atoms with van der Waals surface area (Å²) >= 11 is 0. The van der Waals surface area contributed by atoms with Crippen molar-refractivity contribution in [2.24, 2.45) is 0 Å². The van der Waals surface area contributed by atoms with Gasteiger partial charge in [0.05, 0.1) is 0 Å². The molecule has 0 unspecified atom stereocenters. The van der Waals surface area contributed by atoms with E-state index in [2.05, 4.69) is 65.8 Å². The average molecular weight is 319 g/mol. The molecule has 0 saturated carbocycles. The Kier molecular flexibility index (Phi) is 8.16. The molecule has 0 heterocycles. The van der Waals surface area contributed by atoms with Crippen LogP contribution in [0.25, 0.3) is 0 Å². The van der Waals surface area contributed by atoms with Crippen LogP contribution in [0.2, 0.25) is 0 Å². The monoisotopic (exact) mass is 318 g/mol. The molecule has 0 aliphatic carbocycles. The van der Waals surface area contributed by atoms with Gasteiger partial charge in [-0.25, -0.2) is 0 Å². The van der Waals surface area contributed by atoms with Gasteiger partial charge >= 0.3 is 0 Å². The van der Waals surface area contributed by atoms with Gasteiger partial charge in [-0.1, -0.05) is 78.0 Å². The van der Waals surface area contributed by atoms with Crippen molar-refractivity contribution in [2.45, 2.75) is 104 Å². The van der Waals surface area contributed by atoms with E-state index in [4.69, 9.17) is 4.74 Å². The van der Waals surface area contributed by atoms with Crippen molar-refractivity contribution in [1.29, 1.82) is 0 Å². The molecule has 1 rings (SSSR count). The highest BCUT2D eigenvalue weighted by molar-refractivity contribution is 5.39. The average Bonchev–Trinajstić information content (AvgIpc) is 2.47. The molecule has 0 N–H and O–H groups in total. The van der Waals surface area contributed by atoms with E-state index >= 15 is 0 Å². The van der Waals surface area contributed by atoms with E-state index in [1.54, 1.807) is 0 Å². The molecular weight excluding hydrogens is 280 g/mol. The highest BCUT2D eigenvalue weighted by Crippen LogP contribution is 2.37. The zero-order valence-corrected chi connectivity index (χ0v) is 16.4. The second-order valence-electron chi connectivity index (χ2n) is 8.16. The highest BCUT2D eigenvalue weighted by atomic mass is 16.5. The third-order valence-electron chi connectivity index (χ3n) is 4.79. The first-order valence-corrected chi connectivity index (χ1v) is 9.61. The summed E-state index contributed by atoms with van der Waals surface area (Å²) in [7, 11) is 0. The van der Waals surface area contributed by atoms with Crippen LogP contribution in [0.4, 0.5) is 0 Å². The molecule has 0 aromatic heterocycles. The van der Waals surface area contributed by atoms with Gasteiger partial charge < -0.3 is 4.74 Å². The Bertz CT molecular complexity index is 445. The minimum absolute atomic E-state index is 0.0925. The third kappa shape index (κ3) is 6.97. The number of unbranched alkanes of at least 4 members (excludes halogenated alkanes) is 4. The fraction of sp³-hybridized carbons (Fsp3) is 0.727. The van der Waals surface area contributed by atoms with E-state index in [1.165, 1.54) is 50.5 Å². The molecule has 0 bridgehead atoms. The lowest BCUT2D eigenvalue weighted by Gasteiger charge is -2.32. The third-order valence-corrected chi connectivity index (χ3v) is 4.79. The van der Waals surface area contributed by atoms with Crippen LogP contribution in [0.3, 0.4) is 0 Å². The summed E-state index contributed by atoms with van der Waals surface area (Å²) in [6.45, 7) is 13.7. The first-order chi connectivity index (χ1) is 10.8. The van der Waals surface area contributed by atoms with Crippen molar-refractivity contribution in [2.75, 3.05) is 0 Å². The van der Waals surface area contributed by atoms with Crippen LogP contribution < -0.4 is 4.74 Å². The number of benzene rings is 1. The van der Waals surface area contributed by atoms with Crippen molar-refractivity contribution in [3.8, 4) is 5.75 Å². The van der Waals surface area contributed by atoms with Gasteiger partial charge in [0.1, 0.15) is 11.4 Å². The van der Waals surface area contributed by atoms with E-state index < -0.39 is 0 Å². The van der Waals surface area contributed by atoms with E-state index in [-0.39, 0.29) is 11.0 Å². The van der Waals surface area contributed by atoms with Crippen molar-refractivity contribution in [3.63, 3.8) is 0 Å². The van der Waals surface area contributed by atoms with Crippen LogP contribution >= 0.6 is 0 Å². The van der Waals surface area contributed by atoms with Crippen LogP contribution in [-0.2, 0) is 5.41 Å². The van der Waals surface area contributed by atoms with E-state index in [0.29, 0.717) is 0 Å². The Morgan fingerprint density at radius 1 is 0.783 bits per heavy atom. The summed E-state index contributed by atoms with van der Waals surface area (Å²) in [4.78, 5) is 0. The lowest BCUT2D eigenvalue weighted by atomic mass is 9.79. The largest absolute Gasteiger partial charge is 0.488 e. The minimum Gasteiger partial charge on any atom is -0.488 e. The van der Waals surface area contributed by atoms with Crippen molar-refractivity contribution >= 4 is 0 Å². The zero-order chi connectivity index (χ0) is 17.3. The van der Waals surface area contributed by atoms with Gasteiger partial charge in [-0.05, 0) is 50.2 Å². The van der Waals surface area contributed by atoms with Gasteiger partial charge in [-0.2, -0.15) is 0 Å². The fourth-order valence-electron chi connectivity index (χ4n) is 3.22. The number of para-hydroxylation sites is 1. The molecule has 0 amide bonds. The minimum atomic E-state index is -0.0925. The highest BCUT2D eigenvalue weighted by Gasteiger charge is 2.27. The van der Waals surface area contributed by atoms with Gasteiger partial charge in [0, 0.05) is 0 Å². The maximum absolute atomic E-state index is 6.47. The van der Waals surface area contributed by atoms with E-state index in [1.807, 2.05) is 0 Å². The molecule has 132 valence electrons. The maximum atomic E-state index is 6.47. The normalized spacial score (nSPS) is 12.4. The Morgan fingerprint density at radius 3 is 1.96 bits per heavy atom. The van der Waals surface area contributed by atoms with Gasteiger partial charge in [0.15, 0.2) is 0 Å². The Labute approximate surface area is 144 Å². The van der Waals surface area contributed by atoms with Crippen molar-refractivity contribution in [1.82, 2.24) is 0 Å². The van der Waals surface area contributed by atoms with Crippen LogP contribution in [0.5, 0.6) is 5.75 Å². The lowest BCUT2D eigenvalue weighted by Crippen LogP contribution is -2.30. The summed E-state index contributed by atoms with van der Waals surface area (Å²) < 4.78 is 6.47. The SMILES string of the molecule is CCCCCC(C)(C)Oc1ccccc1C(C)(C)CCCCC. The Balaban J connectivity index is 2.83. The van der Waals surface area contributed by atoms with Crippen LogP contribution in [0.15, 0.2) is 24.3 Å². The van der Waals surface area contributed by atoms with Crippen molar-refractivity contribution < 1.29 is 4.74 Å². The predicted octanol–water partition coefficient (Wildman–Crippen LogP) is 7.28. The fourth-order valence-corrected chi connectivity index (χ4v) is 3.22. The van der Waals surface area contributed by atoms with Crippen LogP contribution in [0.1, 0.15) is 98.5 Å². The van der Waals surface area contributed by atoms with Gasteiger partial charge in [0.25, 0.3) is 0 Å². The molecule has 0 aliphatic rings. The topological polar surface area (TPSA) is 9.23 Å². The summed E-state index contributed by atoms with van der Waals surface area (Å²) in [5, 5.41) is 0. The molecule has 1 heteroatoms. The van der Waals surface area contributed by atoms with Crippen molar-refractivity contribution in [3.05, 3.63) is 29.8 Å². The van der Waals surface area contributed by atoms with Gasteiger partial charge in [-0.3, -0.25) is 0 Å². The predicted molar refractivity (Wildman–Crippen MR) is 102 cm³/mol. The maximum Gasteiger partial charge on any atom is 0.123 e. The molecule has 0 fully saturated rings. The van der Waals surface area contributed by atoms with Gasteiger partial charge in [-0.15, -0.1) is 0 Å². The number of rotatable bonds is 11. The zero-order valence-electron chi connectivity index (χ0n) is 16.4. The molecule has 1 aromatic carbocycles. The molecule has 23 heavy (non-hydrogen) atoms. The van der Waals surface area contributed by atoms with E-state index in [0.717, 1.165) is 12.2 Å². The number of hydrogen-bond acceptors (Lipinski definition) is 1. The Hall–Kier alpha value is -0.980. The first-order valence-electron chi connectivity index (χ1n) is 9.61. The molecule has 1 aromatic rings. The number of ether oxygens (including phenoxy) is 1. The van der Waals surface area contributed by atoms with Gasteiger partial charge in [0.2, 0.25) is 0 Å². The first kappa shape index (κ1) is 20.1. The molecule has 0 saturated heterocycles. The number of hydrogen-bond donors (Lipinski definition) is 0. The summed E-state index contributed by atoms with van der Waals surface area (Å²) in [5.41, 5.74) is 1.44. The van der Waals surface area contributed by atoms with Crippen LogP contribution in [-0.4, -0.2) is 5.60 Å². The van der Waals surface area contributed by atoms with E-state index in [9.17, 15) is 0 Å². The second kappa shape index (κ2) is 9.35. The lowest BCUT2D eigenvalue weighted by molar-refractivity contribution is 0.0933. The summed E-state index contributed by atoms with van der Waals surface area (Å²) in [6, 6.07) is 8.65. The molecular formula is C22H38O. The summed E-state index contributed by atoms with van der Waals surface area (Å²) in [6.07, 6.45) is 10.0. The van der Waals surface area contributed by atoms with Crippen LogP contribution in [0, 0.1) is 0 Å². The second-order valence-corrected chi connectivity index (χ2v) is 8.16. The summed E-state index contributed by atoms with van der Waals surface area (Å²) in [5.74, 6) is 1.08. The molecule has 0 spiro atoms. The smallest absolute Gasteiger partial charge is 0.123 e. The molecule has 0 aliphatic heterocycles. The molecule has 0 atom stereocenters. The standard InChI is InChI=1S/C22H38O/c1-7-9-13-17-21(3,4)19-15-11-12-16-20(19)23-22(5,6)18-14-10-8-2/h11-12,15-16H,7-10,13-14,17-18H2,1-6H3. The molecule has 1 nitrogen and oxygen atoms in total. The molecule has 0 radical (unpaired) electrons. The Morgan fingerprint density at radius 2 is 1.35 bits per heavy atom. The quantitative estimate of drug-likeness (QED) is 0.389.